The van der Waals surface area contributed by atoms with Gasteiger partial charge in [-0.25, -0.2) is 4.39 Å². The minimum absolute atomic E-state index is 0.166. The highest BCUT2D eigenvalue weighted by atomic mass is 19.1. The van der Waals surface area contributed by atoms with Crippen LogP contribution in [0.5, 0.6) is 11.5 Å². The van der Waals surface area contributed by atoms with E-state index >= 15 is 0 Å². The molecular weight excluding hydrogens is 325 g/mol. The molecule has 2 rings (SSSR count). The van der Waals surface area contributed by atoms with Crippen LogP contribution in [0.4, 0.5) is 4.39 Å². The van der Waals surface area contributed by atoms with Crippen LogP contribution in [0.15, 0.2) is 42.5 Å². The van der Waals surface area contributed by atoms with E-state index in [0.29, 0.717) is 17.1 Å². The van der Waals surface area contributed by atoms with Crippen molar-refractivity contribution in [3.8, 4) is 11.5 Å². The van der Waals surface area contributed by atoms with Gasteiger partial charge in [0.25, 0.3) is 0 Å². The largest absolute Gasteiger partial charge is 0.493 e. The monoisotopic (exact) mass is 347 g/mol. The molecule has 0 aliphatic carbocycles. The topological polar surface area (TPSA) is 70.8 Å². The normalized spacial score (nSPS) is 11.7. The summed E-state index contributed by atoms with van der Waals surface area (Å²) >= 11 is 0. The first kappa shape index (κ1) is 18.7. The Morgan fingerprint density at radius 3 is 2.68 bits per heavy atom. The van der Waals surface area contributed by atoms with Crippen LogP contribution in [0.3, 0.4) is 0 Å². The van der Waals surface area contributed by atoms with Crippen LogP contribution in [0.1, 0.15) is 18.1 Å². The molecule has 0 heterocycles. The van der Waals surface area contributed by atoms with Crippen molar-refractivity contribution < 1.29 is 23.4 Å². The zero-order valence-electron chi connectivity index (χ0n) is 14.3. The van der Waals surface area contributed by atoms with E-state index in [0.717, 1.165) is 5.56 Å². The van der Waals surface area contributed by atoms with E-state index in [2.05, 4.69) is 0 Å². The Balaban J connectivity index is 2.18. The molecular formula is C19H22FNO4. The van der Waals surface area contributed by atoms with Gasteiger partial charge in [-0.05, 0) is 30.7 Å². The zero-order chi connectivity index (χ0) is 18.2. The number of para-hydroxylation sites is 1. The number of nitrogens with two attached hydrogens (primary N) is 1. The number of halogens is 1. The number of ether oxygens (including phenoxy) is 3. The van der Waals surface area contributed by atoms with Gasteiger partial charge < -0.3 is 19.9 Å². The predicted molar refractivity (Wildman–Crippen MR) is 92.0 cm³/mol. The van der Waals surface area contributed by atoms with Crippen molar-refractivity contribution in [2.45, 2.75) is 26.0 Å². The molecule has 2 N–H and O–H groups in total. The maximum Gasteiger partial charge on any atom is 0.323 e. The molecule has 0 saturated heterocycles. The van der Waals surface area contributed by atoms with E-state index < -0.39 is 12.0 Å². The number of hydrogen-bond donors (Lipinski definition) is 1. The van der Waals surface area contributed by atoms with E-state index in [4.69, 9.17) is 19.9 Å². The molecule has 0 aliphatic rings. The summed E-state index contributed by atoms with van der Waals surface area (Å²) in [7, 11) is 1.53. The maximum atomic E-state index is 13.3. The Hall–Kier alpha value is -2.60. The number of benzene rings is 2. The highest BCUT2D eigenvalue weighted by Crippen LogP contribution is 2.32. The van der Waals surface area contributed by atoms with Crippen LogP contribution in [0.25, 0.3) is 0 Å². The Kier molecular flexibility index (Phi) is 6.77. The third-order valence-corrected chi connectivity index (χ3v) is 3.58. The molecule has 1 unspecified atom stereocenters. The van der Waals surface area contributed by atoms with Gasteiger partial charge >= 0.3 is 5.97 Å². The van der Waals surface area contributed by atoms with Crippen LogP contribution in [0, 0.1) is 5.82 Å². The highest BCUT2D eigenvalue weighted by molar-refractivity contribution is 5.76. The van der Waals surface area contributed by atoms with E-state index in [-0.39, 0.29) is 25.5 Å². The van der Waals surface area contributed by atoms with Crippen molar-refractivity contribution in [2.75, 3.05) is 13.7 Å². The molecule has 25 heavy (non-hydrogen) atoms. The molecule has 0 spiro atoms. The van der Waals surface area contributed by atoms with Gasteiger partial charge in [-0.2, -0.15) is 0 Å². The predicted octanol–water partition coefficient (Wildman–Crippen LogP) is 2.85. The van der Waals surface area contributed by atoms with E-state index in [1.54, 1.807) is 31.2 Å². The molecule has 134 valence electrons. The smallest absolute Gasteiger partial charge is 0.323 e. The summed E-state index contributed by atoms with van der Waals surface area (Å²) in [5.41, 5.74) is 7.31. The summed E-state index contributed by atoms with van der Waals surface area (Å²) in [5.74, 6) is 0.200. The quantitative estimate of drug-likeness (QED) is 0.744. The van der Waals surface area contributed by atoms with Crippen LogP contribution >= 0.6 is 0 Å². The molecule has 0 radical (unpaired) electrons. The highest BCUT2D eigenvalue weighted by Gasteiger charge is 2.19. The summed E-state index contributed by atoms with van der Waals surface area (Å²) in [6.07, 6.45) is 0.245. The fourth-order valence-electron chi connectivity index (χ4n) is 2.40. The summed E-state index contributed by atoms with van der Waals surface area (Å²) in [5, 5.41) is 0. The Morgan fingerprint density at radius 1 is 1.24 bits per heavy atom. The summed E-state index contributed by atoms with van der Waals surface area (Å²) in [4.78, 5) is 11.8. The zero-order valence-corrected chi connectivity index (χ0v) is 14.3. The standard InChI is InChI=1S/C19H22FNO4/c1-3-24-19(22)16(21)11-14-7-5-9-17(23-2)18(14)25-12-13-6-4-8-15(20)10-13/h4-10,16H,3,11-12,21H2,1-2H3. The van der Waals surface area contributed by atoms with Gasteiger partial charge in [-0.1, -0.05) is 24.3 Å². The SMILES string of the molecule is CCOC(=O)C(N)Cc1cccc(OC)c1OCc1cccc(F)c1. The molecule has 0 fully saturated rings. The van der Waals surface area contributed by atoms with Gasteiger partial charge in [0.15, 0.2) is 11.5 Å². The lowest BCUT2D eigenvalue weighted by Gasteiger charge is -2.17. The summed E-state index contributed by atoms with van der Waals surface area (Å²) < 4.78 is 29.4. The molecule has 6 heteroatoms. The second-order valence-corrected chi connectivity index (χ2v) is 5.43. The molecule has 0 bridgehead atoms. The van der Waals surface area contributed by atoms with Gasteiger partial charge in [0.05, 0.1) is 13.7 Å². The maximum absolute atomic E-state index is 13.3. The van der Waals surface area contributed by atoms with Crippen LogP contribution < -0.4 is 15.2 Å². The fraction of sp³-hybridized carbons (Fsp3) is 0.316. The van der Waals surface area contributed by atoms with Crippen LogP contribution in [-0.2, 0) is 22.6 Å². The lowest BCUT2D eigenvalue weighted by atomic mass is 10.0. The Morgan fingerprint density at radius 2 is 2.00 bits per heavy atom. The first-order chi connectivity index (χ1) is 12.0. The van der Waals surface area contributed by atoms with E-state index in [1.165, 1.54) is 19.2 Å². The molecule has 0 aromatic heterocycles. The van der Waals surface area contributed by atoms with Gasteiger partial charge in [0, 0.05) is 12.0 Å². The number of carbonyl (C=O) groups excluding carboxylic acids is 1. The van der Waals surface area contributed by atoms with Gasteiger partial charge in [-0.3, -0.25) is 4.79 Å². The first-order valence-corrected chi connectivity index (χ1v) is 8.00. The van der Waals surface area contributed by atoms with Crippen molar-refractivity contribution in [3.63, 3.8) is 0 Å². The fourth-order valence-corrected chi connectivity index (χ4v) is 2.40. The molecule has 2 aromatic carbocycles. The molecule has 2 aromatic rings. The minimum atomic E-state index is -0.802. The van der Waals surface area contributed by atoms with E-state index in [9.17, 15) is 9.18 Å². The average molecular weight is 347 g/mol. The number of carbonyl (C=O) groups is 1. The van der Waals surface area contributed by atoms with Crippen molar-refractivity contribution in [2.24, 2.45) is 5.73 Å². The van der Waals surface area contributed by atoms with Gasteiger partial charge in [0.1, 0.15) is 18.5 Å². The van der Waals surface area contributed by atoms with Gasteiger partial charge in [0.2, 0.25) is 0 Å². The minimum Gasteiger partial charge on any atom is -0.493 e. The van der Waals surface area contributed by atoms with E-state index in [1.807, 2.05) is 6.07 Å². The summed E-state index contributed by atoms with van der Waals surface area (Å²) in [6, 6.07) is 10.7. The van der Waals surface area contributed by atoms with Gasteiger partial charge in [-0.15, -0.1) is 0 Å². The molecule has 5 nitrogen and oxygen atoms in total. The lowest BCUT2D eigenvalue weighted by molar-refractivity contribution is -0.144. The third-order valence-electron chi connectivity index (χ3n) is 3.58. The third kappa shape index (κ3) is 5.19. The molecule has 0 amide bonds. The molecule has 0 aliphatic heterocycles. The first-order valence-electron chi connectivity index (χ1n) is 8.00. The molecule has 1 atom stereocenters. The van der Waals surface area contributed by atoms with Crippen LogP contribution in [-0.4, -0.2) is 25.7 Å². The number of rotatable bonds is 8. The van der Waals surface area contributed by atoms with Crippen molar-refractivity contribution in [1.29, 1.82) is 0 Å². The van der Waals surface area contributed by atoms with Crippen LogP contribution in [0.2, 0.25) is 0 Å². The van der Waals surface area contributed by atoms with Crippen molar-refractivity contribution in [3.05, 3.63) is 59.4 Å². The second kappa shape index (κ2) is 9.03. The number of hydrogen-bond acceptors (Lipinski definition) is 5. The van der Waals surface area contributed by atoms with Crippen molar-refractivity contribution >= 4 is 5.97 Å². The average Bonchev–Trinajstić information content (AvgIpc) is 2.60. The number of esters is 1. The molecule has 0 saturated carbocycles. The Bertz CT molecular complexity index is 720. The summed E-state index contributed by atoms with van der Waals surface area (Å²) in [6.45, 7) is 2.16. The van der Waals surface area contributed by atoms with Crippen molar-refractivity contribution in [1.82, 2.24) is 0 Å². The Labute approximate surface area is 146 Å². The lowest BCUT2D eigenvalue weighted by Crippen LogP contribution is -2.34. The second-order valence-electron chi connectivity index (χ2n) is 5.43. The number of methoxy groups -OCH3 is 1.